The summed E-state index contributed by atoms with van der Waals surface area (Å²) in [5, 5.41) is 11.0. The molecule has 0 saturated heterocycles. The third-order valence-electron chi connectivity index (χ3n) is 5.40. The molecule has 0 spiro atoms. The van der Waals surface area contributed by atoms with Crippen molar-refractivity contribution in [3.63, 3.8) is 0 Å². The van der Waals surface area contributed by atoms with Gasteiger partial charge in [0.1, 0.15) is 12.2 Å². The average molecular weight is 330 g/mol. The minimum absolute atomic E-state index is 0.244. The second-order valence-electron chi connectivity index (χ2n) is 7.06. The first kappa shape index (κ1) is 15.7. The number of aliphatic hydroxyl groups is 1. The highest BCUT2D eigenvalue weighted by molar-refractivity contribution is 5.87. The smallest absolute Gasteiger partial charge is 0.141 e. The number of hydrazine groups is 2. The molecular weight excluding hydrogens is 304 g/mol. The molecule has 4 rings (SSSR count). The molecule has 3 aliphatic rings. The summed E-state index contributed by atoms with van der Waals surface area (Å²) in [4.78, 5) is 9.86. The highest BCUT2D eigenvalue weighted by atomic mass is 16.3. The highest BCUT2D eigenvalue weighted by Crippen LogP contribution is 2.40. The van der Waals surface area contributed by atoms with Crippen molar-refractivity contribution < 1.29 is 5.11 Å². The summed E-state index contributed by atoms with van der Waals surface area (Å²) in [5.41, 5.74) is 10.3. The summed E-state index contributed by atoms with van der Waals surface area (Å²) in [7, 11) is 2.10. The zero-order chi connectivity index (χ0) is 16.5. The maximum Gasteiger partial charge on any atom is 0.141 e. The van der Waals surface area contributed by atoms with E-state index in [1.54, 1.807) is 0 Å². The van der Waals surface area contributed by atoms with Crippen LogP contribution in [-0.4, -0.2) is 53.1 Å². The summed E-state index contributed by atoms with van der Waals surface area (Å²) in [6.07, 6.45) is 8.66. The Morgan fingerprint density at radius 3 is 2.96 bits per heavy atom. The van der Waals surface area contributed by atoms with Crippen LogP contribution in [0.3, 0.4) is 0 Å². The first-order chi connectivity index (χ1) is 11.8. The molecule has 1 fully saturated rings. The average Bonchev–Trinajstić information content (AvgIpc) is 3.21. The molecule has 1 saturated carbocycles. The molecule has 0 unspecified atom stereocenters. The Hall–Kier alpha value is -1.83. The zero-order valence-electron chi connectivity index (χ0n) is 14.1. The Morgan fingerprint density at radius 1 is 1.33 bits per heavy atom. The third kappa shape index (κ3) is 2.83. The standard InChI is InChI=1S/C17H26N6O/c1-22(8-9-24)10-12-2-4-13(5-3-12)15-16-14-6-7-18-17(14)19-11-23(16)21-20-15/h6-7,11-13,18,20-21,24H,2-5,8-10H2,1H3/t12-,13-. The van der Waals surface area contributed by atoms with E-state index < -0.39 is 0 Å². The summed E-state index contributed by atoms with van der Waals surface area (Å²) >= 11 is 0. The van der Waals surface area contributed by atoms with E-state index in [0.717, 1.165) is 30.4 Å². The van der Waals surface area contributed by atoms with Crippen LogP contribution in [0.15, 0.2) is 23.0 Å². The number of hydrogen-bond donors (Lipinski definition) is 4. The predicted molar refractivity (Wildman–Crippen MR) is 94.0 cm³/mol. The van der Waals surface area contributed by atoms with Gasteiger partial charge in [-0.25, -0.2) is 10.0 Å². The number of aromatic amines is 1. The molecule has 1 aromatic heterocycles. The maximum atomic E-state index is 9.04. The number of aliphatic imine (C=N–C) groups is 1. The van der Waals surface area contributed by atoms with Gasteiger partial charge in [-0.3, -0.25) is 0 Å². The first-order valence-corrected chi connectivity index (χ1v) is 8.82. The van der Waals surface area contributed by atoms with Crippen LogP contribution in [0.1, 0.15) is 31.2 Å². The molecule has 0 amide bonds. The van der Waals surface area contributed by atoms with Crippen molar-refractivity contribution in [2.75, 3.05) is 26.7 Å². The van der Waals surface area contributed by atoms with Crippen LogP contribution in [0, 0.1) is 11.8 Å². The van der Waals surface area contributed by atoms with Gasteiger partial charge in [0.2, 0.25) is 0 Å². The first-order valence-electron chi connectivity index (χ1n) is 8.82. The Labute approximate surface area is 142 Å². The normalized spacial score (nSPS) is 25.9. The lowest BCUT2D eigenvalue weighted by atomic mass is 9.79. The van der Waals surface area contributed by atoms with Gasteiger partial charge in [0.05, 0.1) is 18.0 Å². The zero-order valence-corrected chi connectivity index (χ0v) is 14.1. The molecule has 24 heavy (non-hydrogen) atoms. The fourth-order valence-corrected chi connectivity index (χ4v) is 4.13. The largest absolute Gasteiger partial charge is 0.395 e. The van der Waals surface area contributed by atoms with Crippen molar-refractivity contribution in [1.29, 1.82) is 0 Å². The number of fused-ring (bicyclic) bond motifs is 3. The number of allylic oxidation sites excluding steroid dienone is 1. The van der Waals surface area contributed by atoms with Gasteiger partial charge < -0.3 is 20.4 Å². The van der Waals surface area contributed by atoms with Crippen molar-refractivity contribution >= 4 is 17.9 Å². The number of H-pyrrole nitrogens is 1. The Bertz CT molecular complexity index is 643. The maximum absolute atomic E-state index is 9.04. The number of aliphatic hydroxyl groups excluding tert-OH is 1. The highest BCUT2D eigenvalue weighted by Gasteiger charge is 2.34. The molecule has 1 aliphatic carbocycles. The molecule has 0 aromatic carbocycles. The summed E-state index contributed by atoms with van der Waals surface area (Å²) < 4.78 is 0. The molecular formula is C17H26N6O. The van der Waals surface area contributed by atoms with E-state index in [2.05, 4.69) is 39.0 Å². The van der Waals surface area contributed by atoms with Crippen LogP contribution in [0.2, 0.25) is 0 Å². The Morgan fingerprint density at radius 2 is 2.17 bits per heavy atom. The van der Waals surface area contributed by atoms with E-state index >= 15 is 0 Å². The van der Waals surface area contributed by atoms with Crippen molar-refractivity contribution in [2.24, 2.45) is 16.8 Å². The number of hydrogen-bond acceptors (Lipinski definition) is 6. The number of nitrogens with one attached hydrogen (secondary N) is 3. The molecule has 0 bridgehead atoms. The van der Waals surface area contributed by atoms with E-state index in [1.165, 1.54) is 37.1 Å². The quantitative estimate of drug-likeness (QED) is 0.657. The molecule has 0 radical (unpaired) electrons. The fraction of sp³-hybridized carbons (Fsp3) is 0.588. The van der Waals surface area contributed by atoms with E-state index in [0.29, 0.717) is 5.92 Å². The number of nitrogens with zero attached hydrogens (tertiary/aromatic N) is 3. The molecule has 4 N–H and O–H groups in total. The van der Waals surface area contributed by atoms with Crippen molar-refractivity contribution in [3.05, 3.63) is 23.5 Å². The number of aromatic nitrogens is 1. The lowest BCUT2D eigenvalue weighted by Crippen LogP contribution is -2.38. The van der Waals surface area contributed by atoms with Gasteiger partial charge in [-0.05, 0) is 44.7 Å². The number of likely N-dealkylation sites (N-methyl/N-ethyl adjacent to an activating group) is 1. The minimum atomic E-state index is 0.244. The lowest BCUT2D eigenvalue weighted by molar-refractivity contribution is 0.176. The Balaban J connectivity index is 1.45. The summed E-state index contributed by atoms with van der Waals surface area (Å²) in [6, 6.07) is 2.10. The van der Waals surface area contributed by atoms with Crippen LogP contribution >= 0.6 is 0 Å². The van der Waals surface area contributed by atoms with Crippen LogP contribution in [-0.2, 0) is 0 Å². The van der Waals surface area contributed by atoms with Crippen LogP contribution in [0.25, 0.3) is 5.70 Å². The molecule has 2 aliphatic heterocycles. The molecule has 3 heterocycles. The van der Waals surface area contributed by atoms with Crippen LogP contribution in [0.4, 0.5) is 5.82 Å². The molecule has 1 aromatic rings. The second-order valence-corrected chi connectivity index (χ2v) is 7.06. The SMILES string of the molecule is CN(CCO)C[C@H]1CC[C@H](C2=C3c4cc[nH]c4N=CN3NN2)CC1. The molecule has 7 heteroatoms. The van der Waals surface area contributed by atoms with Crippen LogP contribution < -0.4 is 11.0 Å². The monoisotopic (exact) mass is 330 g/mol. The van der Waals surface area contributed by atoms with Gasteiger partial charge in [-0.2, -0.15) is 0 Å². The topological polar surface area (TPSA) is 78.9 Å². The van der Waals surface area contributed by atoms with E-state index in [9.17, 15) is 0 Å². The van der Waals surface area contributed by atoms with Gasteiger partial charge in [-0.15, -0.1) is 5.53 Å². The van der Waals surface area contributed by atoms with Gasteiger partial charge in [0.25, 0.3) is 0 Å². The predicted octanol–water partition coefficient (Wildman–Crippen LogP) is 1.41. The van der Waals surface area contributed by atoms with Gasteiger partial charge in [0.15, 0.2) is 0 Å². The van der Waals surface area contributed by atoms with E-state index in [1.807, 2.05) is 17.5 Å². The molecule has 130 valence electrons. The van der Waals surface area contributed by atoms with E-state index in [-0.39, 0.29) is 6.61 Å². The second kappa shape index (κ2) is 6.58. The Kier molecular flexibility index (Phi) is 4.30. The summed E-state index contributed by atoms with van der Waals surface area (Å²) in [6.45, 7) is 2.10. The molecule has 0 atom stereocenters. The fourth-order valence-electron chi connectivity index (χ4n) is 4.13. The van der Waals surface area contributed by atoms with Gasteiger partial charge >= 0.3 is 0 Å². The van der Waals surface area contributed by atoms with E-state index in [4.69, 9.17) is 5.11 Å². The van der Waals surface area contributed by atoms with Gasteiger partial charge in [0, 0.05) is 30.8 Å². The van der Waals surface area contributed by atoms with Crippen molar-refractivity contribution in [1.82, 2.24) is 25.9 Å². The van der Waals surface area contributed by atoms with Crippen molar-refractivity contribution in [2.45, 2.75) is 25.7 Å². The van der Waals surface area contributed by atoms with Gasteiger partial charge in [-0.1, -0.05) is 0 Å². The minimum Gasteiger partial charge on any atom is -0.395 e. The number of rotatable bonds is 5. The summed E-state index contributed by atoms with van der Waals surface area (Å²) in [5.74, 6) is 2.24. The molecule has 7 nitrogen and oxygen atoms in total. The van der Waals surface area contributed by atoms with Crippen LogP contribution in [0.5, 0.6) is 0 Å². The lowest BCUT2D eigenvalue weighted by Gasteiger charge is -2.31. The van der Waals surface area contributed by atoms with Crippen molar-refractivity contribution in [3.8, 4) is 0 Å². The third-order valence-corrected chi connectivity index (χ3v) is 5.40.